The fourth-order valence-corrected chi connectivity index (χ4v) is 4.17. The number of nitrogens with one attached hydrogen (secondary N) is 2. The summed E-state index contributed by atoms with van der Waals surface area (Å²) in [5, 5.41) is 4.52. The van der Waals surface area contributed by atoms with Gasteiger partial charge in [-0.1, -0.05) is 13.8 Å². The SMILES string of the molecule is CCN(CC)S(=O)(=O)c1ccc(C(=O)NCC(=O)OCC(=O)Nc2ccc(F)c(F)c2)cc1. The molecule has 0 heterocycles. The van der Waals surface area contributed by atoms with E-state index in [1.165, 1.54) is 28.6 Å². The molecule has 178 valence electrons. The lowest BCUT2D eigenvalue weighted by molar-refractivity contribution is -0.146. The summed E-state index contributed by atoms with van der Waals surface area (Å²) >= 11 is 0. The second-order valence-corrected chi connectivity index (χ2v) is 8.57. The van der Waals surface area contributed by atoms with E-state index in [-0.39, 0.29) is 16.1 Å². The third kappa shape index (κ3) is 7.05. The number of halogens is 2. The molecule has 0 aliphatic heterocycles. The first-order chi connectivity index (χ1) is 15.6. The minimum atomic E-state index is -3.66. The van der Waals surface area contributed by atoms with Crippen LogP contribution in [0.3, 0.4) is 0 Å². The summed E-state index contributed by atoms with van der Waals surface area (Å²) in [6.07, 6.45) is 0. The summed E-state index contributed by atoms with van der Waals surface area (Å²) < 4.78 is 56.9. The summed E-state index contributed by atoms with van der Waals surface area (Å²) in [4.78, 5) is 35.7. The molecule has 2 aromatic rings. The van der Waals surface area contributed by atoms with E-state index in [2.05, 4.69) is 10.6 Å². The minimum Gasteiger partial charge on any atom is -0.454 e. The van der Waals surface area contributed by atoms with E-state index < -0.39 is 52.6 Å². The van der Waals surface area contributed by atoms with Gasteiger partial charge in [0.25, 0.3) is 11.8 Å². The van der Waals surface area contributed by atoms with Crippen LogP contribution in [-0.2, 0) is 24.3 Å². The topological polar surface area (TPSA) is 122 Å². The molecule has 12 heteroatoms. The van der Waals surface area contributed by atoms with Crippen LogP contribution in [0.15, 0.2) is 47.4 Å². The van der Waals surface area contributed by atoms with Gasteiger partial charge in [-0.3, -0.25) is 14.4 Å². The van der Waals surface area contributed by atoms with Gasteiger partial charge in [-0.05, 0) is 36.4 Å². The third-order valence-electron chi connectivity index (χ3n) is 4.42. The van der Waals surface area contributed by atoms with Crippen LogP contribution in [0.5, 0.6) is 0 Å². The van der Waals surface area contributed by atoms with Crippen LogP contribution in [0.1, 0.15) is 24.2 Å². The smallest absolute Gasteiger partial charge is 0.325 e. The van der Waals surface area contributed by atoms with Crippen molar-refractivity contribution in [3.05, 3.63) is 59.7 Å². The van der Waals surface area contributed by atoms with Crippen LogP contribution in [-0.4, -0.2) is 56.7 Å². The molecule has 0 saturated carbocycles. The average Bonchev–Trinajstić information content (AvgIpc) is 2.79. The number of carbonyl (C=O) groups is 3. The van der Waals surface area contributed by atoms with Crippen molar-refractivity contribution in [2.24, 2.45) is 0 Å². The summed E-state index contributed by atoms with van der Waals surface area (Å²) in [7, 11) is -3.66. The molecule has 0 aliphatic carbocycles. The summed E-state index contributed by atoms with van der Waals surface area (Å²) in [5.74, 6) is -4.57. The van der Waals surface area contributed by atoms with Gasteiger partial charge in [0.05, 0.1) is 4.90 Å². The Morgan fingerprint density at radius 1 is 0.970 bits per heavy atom. The molecule has 9 nitrogen and oxygen atoms in total. The van der Waals surface area contributed by atoms with E-state index in [9.17, 15) is 31.6 Å². The highest BCUT2D eigenvalue weighted by Gasteiger charge is 2.21. The molecule has 2 amide bonds. The van der Waals surface area contributed by atoms with Gasteiger partial charge in [0, 0.05) is 30.4 Å². The van der Waals surface area contributed by atoms with Gasteiger partial charge in [0.2, 0.25) is 10.0 Å². The Hall–Kier alpha value is -3.38. The fourth-order valence-electron chi connectivity index (χ4n) is 2.71. The summed E-state index contributed by atoms with van der Waals surface area (Å²) in [6.45, 7) is 2.80. The number of amides is 2. The number of sulfonamides is 1. The molecule has 2 aromatic carbocycles. The lowest BCUT2D eigenvalue weighted by Crippen LogP contribution is -2.32. The van der Waals surface area contributed by atoms with Gasteiger partial charge in [-0.15, -0.1) is 0 Å². The van der Waals surface area contributed by atoms with Crippen molar-refractivity contribution in [3.63, 3.8) is 0 Å². The average molecular weight is 483 g/mol. The molecule has 0 unspecified atom stereocenters. The lowest BCUT2D eigenvalue weighted by Gasteiger charge is -2.18. The molecular weight excluding hydrogens is 460 g/mol. The number of hydrogen-bond donors (Lipinski definition) is 2. The Morgan fingerprint density at radius 2 is 1.61 bits per heavy atom. The third-order valence-corrected chi connectivity index (χ3v) is 6.48. The zero-order valence-electron chi connectivity index (χ0n) is 17.9. The number of rotatable bonds is 10. The number of anilines is 1. The Balaban J connectivity index is 1.83. The maximum atomic E-state index is 13.1. The highest BCUT2D eigenvalue weighted by atomic mass is 32.2. The van der Waals surface area contributed by atoms with Crippen molar-refractivity contribution in [3.8, 4) is 0 Å². The van der Waals surface area contributed by atoms with Crippen molar-refractivity contribution < 1.29 is 36.3 Å². The van der Waals surface area contributed by atoms with Crippen molar-refractivity contribution in [1.82, 2.24) is 9.62 Å². The van der Waals surface area contributed by atoms with Crippen molar-refractivity contribution >= 4 is 33.5 Å². The van der Waals surface area contributed by atoms with E-state index in [0.717, 1.165) is 18.2 Å². The fraction of sp³-hybridized carbons (Fsp3) is 0.286. The second-order valence-electron chi connectivity index (χ2n) is 6.63. The van der Waals surface area contributed by atoms with Gasteiger partial charge in [-0.2, -0.15) is 4.31 Å². The molecule has 0 saturated heterocycles. The number of ether oxygens (including phenoxy) is 1. The number of nitrogens with zero attached hydrogens (tertiary/aromatic N) is 1. The first-order valence-electron chi connectivity index (χ1n) is 9.87. The summed E-state index contributed by atoms with van der Waals surface area (Å²) in [6, 6.07) is 7.95. The quantitative estimate of drug-likeness (QED) is 0.498. The Kier molecular flexibility index (Phi) is 9.00. The van der Waals surface area contributed by atoms with Crippen LogP contribution >= 0.6 is 0 Å². The number of esters is 1. The molecule has 2 N–H and O–H groups in total. The number of hydrogen-bond acceptors (Lipinski definition) is 6. The lowest BCUT2D eigenvalue weighted by atomic mass is 10.2. The standard InChI is InChI=1S/C21H23F2N3O6S/c1-3-26(4-2)33(30,31)16-8-5-14(6-9-16)21(29)24-12-20(28)32-13-19(27)25-15-7-10-17(22)18(23)11-15/h5-11H,3-4,12-13H2,1-2H3,(H,24,29)(H,25,27). The van der Waals surface area contributed by atoms with Crippen LogP contribution in [0.25, 0.3) is 0 Å². The molecule has 2 rings (SSSR count). The molecule has 0 fully saturated rings. The molecular formula is C21H23F2N3O6S. The van der Waals surface area contributed by atoms with E-state index in [1.54, 1.807) is 13.8 Å². The molecule has 0 spiro atoms. The molecule has 0 aliphatic rings. The monoisotopic (exact) mass is 483 g/mol. The second kappa shape index (κ2) is 11.5. The van der Waals surface area contributed by atoms with Crippen LogP contribution < -0.4 is 10.6 Å². The summed E-state index contributed by atoms with van der Waals surface area (Å²) in [5.41, 5.74) is 0.104. The molecule has 0 radical (unpaired) electrons. The number of benzene rings is 2. The van der Waals surface area contributed by atoms with Crippen LogP contribution in [0.4, 0.5) is 14.5 Å². The van der Waals surface area contributed by atoms with E-state index in [4.69, 9.17) is 4.74 Å². The highest BCUT2D eigenvalue weighted by molar-refractivity contribution is 7.89. The normalized spacial score (nSPS) is 11.2. The van der Waals surface area contributed by atoms with Gasteiger partial charge in [0.1, 0.15) is 6.54 Å². The maximum Gasteiger partial charge on any atom is 0.325 e. The van der Waals surface area contributed by atoms with Crippen molar-refractivity contribution in [1.29, 1.82) is 0 Å². The first kappa shape index (κ1) is 25.9. The van der Waals surface area contributed by atoms with Gasteiger partial charge < -0.3 is 15.4 Å². The molecule has 0 aromatic heterocycles. The molecule has 0 bridgehead atoms. The minimum absolute atomic E-state index is 0.0188. The zero-order valence-corrected chi connectivity index (χ0v) is 18.7. The maximum absolute atomic E-state index is 13.1. The van der Waals surface area contributed by atoms with Crippen LogP contribution in [0.2, 0.25) is 0 Å². The first-order valence-corrected chi connectivity index (χ1v) is 11.3. The van der Waals surface area contributed by atoms with Crippen LogP contribution in [0, 0.1) is 11.6 Å². The van der Waals surface area contributed by atoms with E-state index in [1.807, 2.05) is 0 Å². The Bertz CT molecular complexity index is 1120. The van der Waals surface area contributed by atoms with E-state index in [0.29, 0.717) is 13.1 Å². The molecule has 0 atom stereocenters. The van der Waals surface area contributed by atoms with Crippen molar-refractivity contribution in [2.45, 2.75) is 18.7 Å². The Labute approximate surface area is 189 Å². The predicted octanol–water partition coefficient (Wildman–Crippen LogP) is 1.91. The predicted molar refractivity (Wildman–Crippen MR) is 115 cm³/mol. The molecule has 33 heavy (non-hydrogen) atoms. The zero-order chi connectivity index (χ0) is 24.6. The van der Waals surface area contributed by atoms with Gasteiger partial charge in [-0.25, -0.2) is 17.2 Å². The van der Waals surface area contributed by atoms with Gasteiger partial charge in [0.15, 0.2) is 18.2 Å². The Morgan fingerprint density at radius 3 is 2.18 bits per heavy atom. The number of carbonyl (C=O) groups excluding carboxylic acids is 3. The van der Waals surface area contributed by atoms with Gasteiger partial charge >= 0.3 is 5.97 Å². The van der Waals surface area contributed by atoms with Crippen molar-refractivity contribution in [2.75, 3.05) is 31.6 Å². The highest BCUT2D eigenvalue weighted by Crippen LogP contribution is 2.16. The van der Waals surface area contributed by atoms with E-state index >= 15 is 0 Å². The largest absolute Gasteiger partial charge is 0.454 e.